The molecule has 0 saturated carbocycles. The summed E-state index contributed by atoms with van der Waals surface area (Å²) < 4.78 is 13.1. The van der Waals surface area contributed by atoms with E-state index in [-0.39, 0.29) is 24.2 Å². The number of hydrogen-bond acceptors (Lipinski definition) is 4. The van der Waals surface area contributed by atoms with Crippen LogP contribution in [0, 0.1) is 5.82 Å². The Morgan fingerprint density at radius 2 is 1.86 bits per heavy atom. The van der Waals surface area contributed by atoms with E-state index in [1.807, 2.05) is 29.2 Å². The molecule has 2 heterocycles. The number of aromatic nitrogens is 2. The van der Waals surface area contributed by atoms with Crippen LogP contribution < -0.4 is 0 Å². The zero-order valence-corrected chi connectivity index (χ0v) is 16.0. The van der Waals surface area contributed by atoms with Gasteiger partial charge in [-0.2, -0.15) is 0 Å². The molecule has 1 aliphatic rings. The summed E-state index contributed by atoms with van der Waals surface area (Å²) in [5, 5.41) is 9.20. The van der Waals surface area contributed by atoms with Crippen LogP contribution in [0.1, 0.15) is 40.4 Å². The van der Waals surface area contributed by atoms with Gasteiger partial charge in [0.05, 0.1) is 24.2 Å². The first kappa shape index (κ1) is 19.2. The smallest absolute Gasteiger partial charge is 0.253 e. The van der Waals surface area contributed by atoms with Crippen molar-refractivity contribution >= 4 is 5.91 Å². The number of carbonyl (C=O) groups excluding carboxylic acids is 1. The van der Waals surface area contributed by atoms with Crippen LogP contribution in [0.15, 0.2) is 60.9 Å². The average Bonchev–Trinajstić information content (AvgIpc) is 2.79. The Bertz CT molecular complexity index is 990. The summed E-state index contributed by atoms with van der Waals surface area (Å²) in [6.07, 6.45) is 5.31. The summed E-state index contributed by atoms with van der Waals surface area (Å²) in [4.78, 5) is 23.7. The first-order chi connectivity index (χ1) is 14.1. The fourth-order valence-corrected chi connectivity index (χ4v) is 3.68. The summed E-state index contributed by atoms with van der Waals surface area (Å²) in [6, 6.07) is 13.3. The van der Waals surface area contributed by atoms with Crippen molar-refractivity contribution in [2.45, 2.75) is 25.4 Å². The molecule has 1 atom stereocenters. The lowest BCUT2D eigenvalue weighted by Crippen LogP contribution is -2.39. The predicted molar refractivity (Wildman–Crippen MR) is 108 cm³/mol. The summed E-state index contributed by atoms with van der Waals surface area (Å²) in [5.41, 5.74) is 3.92. The third-order valence-corrected chi connectivity index (χ3v) is 5.30. The molecule has 0 unspecified atom stereocenters. The number of piperidine rings is 1. The Hall–Kier alpha value is -3.12. The van der Waals surface area contributed by atoms with E-state index in [9.17, 15) is 14.3 Å². The molecule has 1 aromatic heterocycles. The maximum Gasteiger partial charge on any atom is 0.253 e. The minimum Gasteiger partial charge on any atom is -0.392 e. The van der Waals surface area contributed by atoms with Crippen LogP contribution in [-0.4, -0.2) is 39.0 Å². The van der Waals surface area contributed by atoms with E-state index in [0.717, 1.165) is 35.4 Å². The number of hydrogen-bond donors (Lipinski definition) is 1. The molecule has 1 fully saturated rings. The maximum atomic E-state index is 13.1. The second-order valence-corrected chi connectivity index (χ2v) is 7.28. The van der Waals surface area contributed by atoms with Gasteiger partial charge in [0.2, 0.25) is 0 Å². The molecule has 3 aromatic rings. The fraction of sp³-hybridized carbons (Fsp3) is 0.261. The number of carbonyl (C=O) groups is 1. The first-order valence-corrected chi connectivity index (χ1v) is 9.71. The Balaban J connectivity index is 1.52. The van der Waals surface area contributed by atoms with E-state index in [1.54, 1.807) is 12.4 Å². The van der Waals surface area contributed by atoms with Gasteiger partial charge in [-0.05, 0) is 42.7 Å². The average molecular weight is 391 g/mol. The van der Waals surface area contributed by atoms with Crippen LogP contribution in [-0.2, 0) is 6.61 Å². The van der Waals surface area contributed by atoms with Gasteiger partial charge >= 0.3 is 0 Å². The normalized spacial score (nSPS) is 16.6. The summed E-state index contributed by atoms with van der Waals surface area (Å²) in [7, 11) is 0. The molecule has 1 aliphatic heterocycles. The Kier molecular flexibility index (Phi) is 5.62. The maximum absolute atomic E-state index is 13.1. The minimum absolute atomic E-state index is 0.00594. The number of halogens is 1. The molecular weight excluding hydrogens is 369 g/mol. The topological polar surface area (TPSA) is 66.3 Å². The molecular formula is C23H22FN3O2. The molecule has 0 radical (unpaired) electrons. The van der Waals surface area contributed by atoms with Crippen molar-refractivity contribution in [2.24, 2.45) is 0 Å². The summed E-state index contributed by atoms with van der Waals surface area (Å²) >= 11 is 0. The van der Waals surface area contributed by atoms with Crippen molar-refractivity contribution in [2.75, 3.05) is 13.1 Å². The van der Waals surface area contributed by atoms with Gasteiger partial charge in [0, 0.05) is 36.3 Å². The zero-order chi connectivity index (χ0) is 20.2. The lowest BCUT2D eigenvalue weighted by molar-refractivity contribution is 0.0705. The van der Waals surface area contributed by atoms with Gasteiger partial charge in [-0.1, -0.05) is 24.3 Å². The van der Waals surface area contributed by atoms with Gasteiger partial charge < -0.3 is 10.0 Å². The van der Waals surface area contributed by atoms with Crippen LogP contribution in [0.5, 0.6) is 0 Å². The van der Waals surface area contributed by atoms with Gasteiger partial charge in [0.25, 0.3) is 5.91 Å². The number of aliphatic hydroxyl groups is 1. The van der Waals surface area contributed by atoms with Crippen LogP contribution in [0.25, 0.3) is 11.3 Å². The third kappa shape index (κ3) is 4.32. The van der Waals surface area contributed by atoms with Crippen LogP contribution >= 0.6 is 0 Å². The van der Waals surface area contributed by atoms with E-state index in [1.165, 1.54) is 24.3 Å². The van der Waals surface area contributed by atoms with E-state index in [2.05, 4.69) is 4.98 Å². The molecule has 1 amide bonds. The van der Waals surface area contributed by atoms with Crippen molar-refractivity contribution in [1.29, 1.82) is 0 Å². The fourth-order valence-electron chi connectivity index (χ4n) is 3.68. The van der Waals surface area contributed by atoms with E-state index in [4.69, 9.17) is 4.98 Å². The van der Waals surface area contributed by atoms with E-state index in [0.29, 0.717) is 18.7 Å². The third-order valence-electron chi connectivity index (χ3n) is 5.30. The van der Waals surface area contributed by atoms with E-state index < -0.39 is 0 Å². The van der Waals surface area contributed by atoms with Crippen molar-refractivity contribution in [3.8, 4) is 11.3 Å². The number of aliphatic hydroxyl groups excluding tert-OH is 1. The van der Waals surface area contributed by atoms with Crippen LogP contribution in [0.4, 0.5) is 4.39 Å². The Morgan fingerprint density at radius 3 is 2.59 bits per heavy atom. The Labute approximate surface area is 168 Å². The molecule has 0 spiro atoms. The number of amides is 1. The number of rotatable bonds is 4. The predicted octanol–water partition coefficient (Wildman–Crippen LogP) is 3.79. The lowest BCUT2D eigenvalue weighted by atomic mass is 9.94. The molecule has 0 bridgehead atoms. The molecule has 4 rings (SSSR count). The molecule has 1 N–H and O–H groups in total. The highest BCUT2D eigenvalue weighted by molar-refractivity contribution is 5.94. The van der Waals surface area contributed by atoms with Crippen LogP contribution in [0.3, 0.4) is 0 Å². The minimum atomic E-state index is -0.350. The summed E-state index contributed by atoms with van der Waals surface area (Å²) in [5.74, 6) is -0.326. The second kappa shape index (κ2) is 8.49. The second-order valence-electron chi connectivity index (χ2n) is 7.28. The van der Waals surface area contributed by atoms with Gasteiger partial charge in [-0.25, -0.2) is 9.37 Å². The van der Waals surface area contributed by atoms with Gasteiger partial charge in [0.1, 0.15) is 5.82 Å². The molecule has 148 valence electrons. The lowest BCUT2D eigenvalue weighted by Gasteiger charge is -2.32. The zero-order valence-electron chi connectivity index (χ0n) is 16.0. The molecule has 6 heteroatoms. The first-order valence-electron chi connectivity index (χ1n) is 9.71. The van der Waals surface area contributed by atoms with Crippen molar-refractivity contribution < 1.29 is 14.3 Å². The summed E-state index contributed by atoms with van der Waals surface area (Å²) in [6.45, 7) is 1.26. The molecule has 0 aliphatic carbocycles. The standard InChI is InChI=1S/C23H22FN3O2/c24-20-9-7-18(8-10-20)23(29)27-11-1-2-19(14-27)22-13-25-12-21(26-22)17-5-3-16(15-28)4-6-17/h3-10,12-13,19,28H,1-2,11,14-15H2/t19-/m0/s1. The number of benzene rings is 2. The molecule has 5 nitrogen and oxygen atoms in total. The number of likely N-dealkylation sites (tertiary alicyclic amines) is 1. The highest BCUT2D eigenvalue weighted by atomic mass is 19.1. The van der Waals surface area contributed by atoms with Gasteiger partial charge in [-0.15, -0.1) is 0 Å². The molecule has 2 aromatic carbocycles. The SMILES string of the molecule is O=C(c1ccc(F)cc1)N1CCC[C@H](c2cncc(-c3ccc(CO)cc3)n2)C1. The van der Waals surface area contributed by atoms with Crippen molar-refractivity contribution in [1.82, 2.24) is 14.9 Å². The van der Waals surface area contributed by atoms with Crippen LogP contribution in [0.2, 0.25) is 0 Å². The van der Waals surface area contributed by atoms with Crippen molar-refractivity contribution in [3.63, 3.8) is 0 Å². The largest absolute Gasteiger partial charge is 0.392 e. The highest BCUT2D eigenvalue weighted by Gasteiger charge is 2.26. The molecule has 29 heavy (non-hydrogen) atoms. The highest BCUT2D eigenvalue weighted by Crippen LogP contribution is 2.28. The van der Waals surface area contributed by atoms with Crippen molar-refractivity contribution in [3.05, 3.63) is 83.6 Å². The molecule has 1 saturated heterocycles. The monoisotopic (exact) mass is 391 g/mol. The quantitative estimate of drug-likeness (QED) is 0.735. The van der Waals surface area contributed by atoms with Gasteiger partial charge in [0.15, 0.2) is 0 Å². The number of nitrogens with zero attached hydrogens (tertiary/aromatic N) is 3. The van der Waals surface area contributed by atoms with Gasteiger partial charge in [-0.3, -0.25) is 9.78 Å². The van der Waals surface area contributed by atoms with E-state index >= 15 is 0 Å². The Morgan fingerprint density at radius 1 is 1.10 bits per heavy atom.